The van der Waals surface area contributed by atoms with Crippen molar-refractivity contribution < 1.29 is 9.53 Å². The summed E-state index contributed by atoms with van der Waals surface area (Å²) in [5, 5.41) is 8.40. The first kappa shape index (κ1) is 17.6. The first-order chi connectivity index (χ1) is 13.0. The van der Waals surface area contributed by atoms with E-state index in [9.17, 15) is 4.79 Å². The van der Waals surface area contributed by atoms with Crippen LogP contribution in [0.2, 0.25) is 0 Å². The van der Waals surface area contributed by atoms with Crippen molar-refractivity contribution >= 4 is 16.8 Å². The first-order valence-electron chi connectivity index (χ1n) is 9.47. The van der Waals surface area contributed by atoms with Gasteiger partial charge in [-0.3, -0.25) is 9.89 Å². The Morgan fingerprint density at radius 1 is 1.26 bits per heavy atom. The normalized spacial score (nSPS) is 14.2. The number of amides is 1. The lowest BCUT2D eigenvalue weighted by atomic mass is 10.1. The number of carbonyl (C=O) groups is 1. The van der Waals surface area contributed by atoms with Crippen molar-refractivity contribution in [3.63, 3.8) is 0 Å². The van der Waals surface area contributed by atoms with Crippen LogP contribution in [0.15, 0.2) is 24.5 Å². The van der Waals surface area contributed by atoms with E-state index < -0.39 is 0 Å². The molecule has 1 fully saturated rings. The lowest BCUT2D eigenvalue weighted by Crippen LogP contribution is -2.42. The van der Waals surface area contributed by atoms with E-state index in [-0.39, 0.29) is 18.1 Å². The van der Waals surface area contributed by atoms with Gasteiger partial charge < -0.3 is 14.2 Å². The molecule has 0 unspecified atom stereocenters. The van der Waals surface area contributed by atoms with Crippen LogP contribution in [0.5, 0.6) is 5.88 Å². The summed E-state index contributed by atoms with van der Waals surface area (Å²) < 4.78 is 7.92. The van der Waals surface area contributed by atoms with Crippen molar-refractivity contribution in [1.29, 1.82) is 0 Å². The average molecular weight is 367 g/mol. The molecule has 0 atom stereocenters. The molecule has 0 aromatic carbocycles. The number of ether oxygens (including phenoxy) is 1. The molecule has 1 aliphatic rings. The van der Waals surface area contributed by atoms with Gasteiger partial charge in [0.05, 0.1) is 17.0 Å². The second kappa shape index (κ2) is 6.72. The van der Waals surface area contributed by atoms with E-state index in [1.807, 2.05) is 41.6 Å². The van der Waals surface area contributed by atoms with E-state index in [1.54, 1.807) is 6.20 Å². The molecule has 7 nitrogen and oxygen atoms in total. The van der Waals surface area contributed by atoms with Gasteiger partial charge in [0.2, 0.25) is 5.88 Å². The summed E-state index contributed by atoms with van der Waals surface area (Å²) in [6.07, 6.45) is 4.79. The number of likely N-dealkylation sites (tertiary alicyclic amines) is 1. The topological polar surface area (TPSA) is 76.0 Å². The number of hydrogen-bond donors (Lipinski definition) is 1. The predicted molar refractivity (Wildman–Crippen MR) is 104 cm³/mol. The number of aromatic amines is 1. The highest BCUT2D eigenvalue weighted by atomic mass is 16.5. The van der Waals surface area contributed by atoms with Crippen LogP contribution >= 0.6 is 0 Å². The van der Waals surface area contributed by atoms with Crippen LogP contribution in [0.1, 0.15) is 50.6 Å². The Kier molecular flexibility index (Phi) is 4.37. The van der Waals surface area contributed by atoms with E-state index in [0.29, 0.717) is 11.6 Å². The number of nitrogens with zero attached hydrogens (tertiary/aromatic N) is 4. The smallest absolute Gasteiger partial charge is 0.270 e. The van der Waals surface area contributed by atoms with Crippen molar-refractivity contribution in [3.8, 4) is 17.1 Å². The summed E-state index contributed by atoms with van der Waals surface area (Å²) in [6, 6.07) is 3.99. The molecule has 142 valence electrons. The van der Waals surface area contributed by atoms with Crippen molar-refractivity contribution in [2.75, 3.05) is 13.1 Å². The van der Waals surface area contributed by atoms with Crippen LogP contribution in [-0.4, -0.2) is 49.7 Å². The lowest BCUT2D eigenvalue weighted by molar-refractivity contribution is 0.0639. The monoisotopic (exact) mass is 367 g/mol. The lowest BCUT2D eigenvalue weighted by Gasteiger charge is -2.31. The van der Waals surface area contributed by atoms with Crippen molar-refractivity contribution in [3.05, 3.63) is 30.2 Å². The summed E-state index contributed by atoms with van der Waals surface area (Å²) in [5.41, 5.74) is 3.21. The van der Waals surface area contributed by atoms with E-state index in [0.717, 1.165) is 41.7 Å². The zero-order chi connectivity index (χ0) is 19.1. The number of rotatable bonds is 5. The number of pyridine rings is 1. The summed E-state index contributed by atoms with van der Waals surface area (Å²) >= 11 is 0. The van der Waals surface area contributed by atoms with Crippen LogP contribution < -0.4 is 4.74 Å². The predicted octanol–water partition coefficient (Wildman–Crippen LogP) is 3.64. The maximum atomic E-state index is 12.9. The molecule has 1 N–H and O–H groups in total. The quantitative estimate of drug-likeness (QED) is 0.747. The molecule has 1 aliphatic heterocycles. The fourth-order valence-electron chi connectivity index (χ4n) is 3.35. The molecular formula is C20H25N5O2. The zero-order valence-electron chi connectivity index (χ0n) is 16.2. The second-order valence-electron chi connectivity index (χ2n) is 7.54. The number of nitrogens with one attached hydrogen (secondary N) is 1. The van der Waals surface area contributed by atoms with Gasteiger partial charge in [0.1, 0.15) is 11.4 Å². The SMILES string of the molecule is CC(C)Oc1nccc2[nH]nc(-c3cc(C(=O)N4CCC4)n(C(C)C)c3)c12. The highest BCUT2D eigenvalue weighted by Gasteiger charge is 2.27. The van der Waals surface area contributed by atoms with Gasteiger partial charge in [0.25, 0.3) is 5.91 Å². The molecule has 27 heavy (non-hydrogen) atoms. The number of carbonyl (C=O) groups excluding carboxylic acids is 1. The largest absolute Gasteiger partial charge is 0.474 e. The van der Waals surface area contributed by atoms with Crippen LogP contribution in [-0.2, 0) is 0 Å². The van der Waals surface area contributed by atoms with Gasteiger partial charge in [-0.05, 0) is 46.2 Å². The third-order valence-electron chi connectivity index (χ3n) is 4.83. The Labute approximate surface area is 158 Å². The Balaban J connectivity index is 1.83. The first-order valence-corrected chi connectivity index (χ1v) is 9.47. The van der Waals surface area contributed by atoms with Gasteiger partial charge in [0, 0.05) is 37.1 Å². The summed E-state index contributed by atoms with van der Waals surface area (Å²) in [5.74, 6) is 0.636. The van der Waals surface area contributed by atoms with Crippen molar-refractivity contribution in [1.82, 2.24) is 24.6 Å². The zero-order valence-corrected chi connectivity index (χ0v) is 16.2. The summed E-state index contributed by atoms with van der Waals surface area (Å²) in [4.78, 5) is 19.1. The molecular weight excluding hydrogens is 342 g/mol. The molecule has 1 amide bonds. The molecule has 4 heterocycles. The third kappa shape index (κ3) is 3.07. The minimum absolute atomic E-state index is 0.00895. The molecule has 3 aromatic heterocycles. The van der Waals surface area contributed by atoms with Gasteiger partial charge in [-0.25, -0.2) is 4.98 Å². The minimum atomic E-state index is 0.00895. The standard InChI is InChI=1S/C20H25N5O2/c1-12(2)25-11-14(10-16(25)20(26)24-8-5-9-24)18-17-15(22-23-18)6-7-21-19(17)27-13(3)4/h6-7,10-13H,5,8-9H2,1-4H3,(H,22,23). The van der Waals surface area contributed by atoms with E-state index in [2.05, 4.69) is 29.0 Å². The highest BCUT2D eigenvalue weighted by Crippen LogP contribution is 2.34. The maximum absolute atomic E-state index is 12.9. The summed E-state index contributed by atoms with van der Waals surface area (Å²) in [7, 11) is 0. The Morgan fingerprint density at radius 2 is 2.04 bits per heavy atom. The van der Waals surface area contributed by atoms with Gasteiger partial charge >= 0.3 is 0 Å². The second-order valence-corrected chi connectivity index (χ2v) is 7.54. The maximum Gasteiger partial charge on any atom is 0.270 e. The highest BCUT2D eigenvalue weighted by molar-refractivity contribution is 5.99. The third-order valence-corrected chi connectivity index (χ3v) is 4.83. The number of aromatic nitrogens is 4. The Hall–Kier alpha value is -2.83. The molecule has 0 bridgehead atoms. The van der Waals surface area contributed by atoms with Crippen molar-refractivity contribution in [2.45, 2.75) is 46.3 Å². The molecule has 0 spiro atoms. The van der Waals surface area contributed by atoms with E-state index in [4.69, 9.17) is 4.74 Å². The minimum Gasteiger partial charge on any atom is -0.474 e. The van der Waals surface area contributed by atoms with Crippen LogP contribution in [0.3, 0.4) is 0 Å². The van der Waals surface area contributed by atoms with Crippen LogP contribution in [0.4, 0.5) is 0 Å². The van der Waals surface area contributed by atoms with Gasteiger partial charge in [0.15, 0.2) is 0 Å². The Bertz CT molecular complexity index is 982. The number of fused-ring (bicyclic) bond motifs is 1. The van der Waals surface area contributed by atoms with E-state index >= 15 is 0 Å². The average Bonchev–Trinajstić information content (AvgIpc) is 3.17. The van der Waals surface area contributed by atoms with Gasteiger partial charge in [-0.1, -0.05) is 0 Å². The molecule has 0 saturated carbocycles. The molecule has 4 rings (SSSR count). The molecule has 7 heteroatoms. The van der Waals surface area contributed by atoms with Gasteiger partial charge in [-0.2, -0.15) is 5.10 Å². The van der Waals surface area contributed by atoms with Crippen LogP contribution in [0, 0.1) is 0 Å². The summed E-state index contributed by atoms with van der Waals surface area (Å²) in [6.45, 7) is 9.76. The number of hydrogen-bond acceptors (Lipinski definition) is 4. The molecule has 3 aromatic rings. The Morgan fingerprint density at radius 3 is 2.67 bits per heavy atom. The molecule has 0 aliphatic carbocycles. The molecule has 0 radical (unpaired) electrons. The molecule has 1 saturated heterocycles. The van der Waals surface area contributed by atoms with Crippen LogP contribution in [0.25, 0.3) is 22.2 Å². The fourth-order valence-corrected chi connectivity index (χ4v) is 3.35. The van der Waals surface area contributed by atoms with Crippen molar-refractivity contribution in [2.24, 2.45) is 0 Å². The number of H-pyrrole nitrogens is 1. The fraction of sp³-hybridized carbons (Fsp3) is 0.450. The van der Waals surface area contributed by atoms with E-state index in [1.165, 1.54) is 0 Å². The van der Waals surface area contributed by atoms with Gasteiger partial charge in [-0.15, -0.1) is 0 Å².